The third-order valence-electron chi connectivity index (χ3n) is 3.26. The monoisotopic (exact) mass is 239 g/mol. The number of carbonyl (C=O) groups excluding carboxylic acids is 2. The number of hydrogen-bond donors (Lipinski definition) is 0. The van der Waals surface area contributed by atoms with Gasteiger partial charge >= 0.3 is 12.1 Å². The van der Waals surface area contributed by atoms with Crippen LogP contribution in [0.3, 0.4) is 0 Å². The Morgan fingerprint density at radius 1 is 1.47 bits per heavy atom. The van der Waals surface area contributed by atoms with Gasteiger partial charge in [0.25, 0.3) is 0 Å². The molecule has 5 heteroatoms. The van der Waals surface area contributed by atoms with Gasteiger partial charge in [0.1, 0.15) is 6.10 Å². The fourth-order valence-corrected chi connectivity index (χ4v) is 2.41. The summed E-state index contributed by atoms with van der Waals surface area (Å²) >= 11 is 0. The van der Waals surface area contributed by atoms with Crippen LogP contribution in [0, 0.1) is 0 Å². The summed E-state index contributed by atoms with van der Waals surface area (Å²) < 4.78 is 9.97. The van der Waals surface area contributed by atoms with Gasteiger partial charge in [-0.15, -0.1) is 0 Å². The van der Waals surface area contributed by atoms with Crippen molar-refractivity contribution in [3.8, 4) is 0 Å². The summed E-state index contributed by atoms with van der Waals surface area (Å²) in [5.41, 5.74) is 0. The van der Waals surface area contributed by atoms with E-state index in [2.05, 4.69) is 0 Å². The zero-order valence-electron chi connectivity index (χ0n) is 9.93. The van der Waals surface area contributed by atoms with Crippen LogP contribution < -0.4 is 0 Å². The van der Waals surface area contributed by atoms with Gasteiger partial charge in [-0.05, 0) is 18.9 Å². The van der Waals surface area contributed by atoms with E-state index in [9.17, 15) is 9.59 Å². The quantitative estimate of drug-likeness (QED) is 0.650. The second-order valence-corrected chi connectivity index (χ2v) is 4.34. The lowest BCUT2D eigenvalue weighted by Gasteiger charge is -2.31. The molecule has 2 aliphatic heterocycles. The fraction of sp³-hybridized carbons (Fsp3) is 0.667. The average molecular weight is 239 g/mol. The first kappa shape index (κ1) is 12.0. The van der Waals surface area contributed by atoms with Gasteiger partial charge in [-0.25, -0.2) is 9.59 Å². The molecule has 1 amide bonds. The molecule has 1 fully saturated rings. The molecule has 0 N–H and O–H groups in total. The number of nitrogens with zero attached hydrogens (tertiary/aromatic N) is 1. The third kappa shape index (κ3) is 2.60. The minimum Gasteiger partial charge on any atom is -0.453 e. The lowest BCUT2D eigenvalue weighted by atomic mass is 10.0. The van der Waals surface area contributed by atoms with Gasteiger partial charge in [0.15, 0.2) is 0 Å². The molecule has 0 aliphatic carbocycles. The van der Waals surface area contributed by atoms with Crippen molar-refractivity contribution in [3.63, 3.8) is 0 Å². The van der Waals surface area contributed by atoms with Gasteiger partial charge in [0.2, 0.25) is 0 Å². The van der Waals surface area contributed by atoms with Gasteiger partial charge in [0.05, 0.1) is 13.2 Å². The van der Waals surface area contributed by atoms with Crippen LogP contribution in [-0.2, 0) is 14.3 Å². The molecule has 0 unspecified atom stereocenters. The summed E-state index contributed by atoms with van der Waals surface area (Å²) in [6, 6.07) is -0.0901. The Bertz CT molecular complexity index is 339. The molecule has 0 aromatic rings. The summed E-state index contributed by atoms with van der Waals surface area (Å²) in [6.45, 7) is 0.666. The molecule has 1 saturated heterocycles. The van der Waals surface area contributed by atoms with E-state index in [0.29, 0.717) is 6.54 Å². The van der Waals surface area contributed by atoms with Crippen molar-refractivity contribution in [2.45, 2.75) is 37.8 Å². The van der Waals surface area contributed by atoms with E-state index in [1.807, 2.05) is 0 Å². The number of carbonyl (C=O) groups is 2. The highest BCUT2D eigenvalue weighted by atomic mass is 16.6. The maximum atomic E-state index is 11.7. The molecule has 94 valence electrons. The number of ether oxygens (including phenoxy) is 2. The van der Waals surface area contributed by atoms with E-state index in [4.69, 9.17) is 9.47 Å². The van der Waals surface area contributed by atoms with E-state index in [-0.39, 0.29) is 24.2 Å². The lowest BCUT2D eigenvalue weighted by molar-refractivity contribution is -0.140. The van der Waals surface area contributed by atoms with Gasteiger partial charge in [-0.2, -0.15) is 0 Å². The van der Waals surface area contributed by atoms with E-state index in [0.717, 1.165) is 25.7 Å². The van der Waals surface area contributed by atoms with E-state index in [1.54, 1.807) is 11.0 Å². The predicted octanol–water partition coefficient (Wildman–Crippen LogP) is 1.48. The van der Waals surface area contributed by atoms with Gasteiger partial charge < -0.3 is 14.4 Å². The molecule has 2 atom stereocenters. The van der Waals surface area contributed by atoms with Gasteiger partial charge in [-0.1, -0.05) is 12.8 Å². The van der Waals surface area contributed by atoms with Gasteiger partial charge in [-0.3, -0.25) is 0 Å². The average Bonchev–Trinajstić information content (AvgIpc) is 2.63. The van der Waals surface area contributed by atoms with E-state index in [1.165, 1.54) is 13.2 Å². The highest BCUT2D eigenvalue weighted by Crippen LogP contribution is 2.24. The van der Waals surface area contributed by atoms with Crippen molar-refractivity contribution in [1.29, 1.82) is 0 Å². The zero-order chi connectivity index (χ0) is 12.3. The summed E-state index contributed by atoms with van der Waals surface area (Å²) in [7, 11) is 1.38. The predicted molar refractivity (Wildman–Crippen MR) is 60.4 cm³/mol. The SMILES string of the molecule is COC(=O)N1CCCCC[C@@H]1[C@@H]1C=CC(=O)O1. The number of amides is 1. The number of cyclic esters (lactones) is 1. The second-order valence-electron chi connectivity index (χ2n) is 4.34. The Morgan fingerprint density at radius 3 is 2.94 bits per heavy atom. The van der Waals surface area contributed by atoms with Crippen LogP contribution in [0.5, 0.6) is 0 Å². The molecule has 2 heterocycles. The maximum Gasteiger partial charge on any atom is 0.409 e. The molecule has 2 aliphatic rings. The Hall–Kier alpha value is -1.52. The topological polar surface area (TPSA) is 55.8 Å². The second kappa shape index (κ2) is 5.21. The highest BCUT2D eigenvalue weighted by Gasteiger charge is 2.35. The summed E-state index contributed by atoms with van der Waals surface area (Å²) in [6.07, 6.45) is 6.44. The molecule has 0 aromatic carbocycles. The molecule has 0 bridgehead atoms. The number of likely N-dealkylation sites (tertiary alicyclic amines) is 1. The summed E-state index contributed by atoms with van der Waals surface area (Å²) in [5, 5.41) is 0. The van der Waals surface area contributed by atoms with Crippen molar-refractivity contribution < 1.29 is 19.1 Å². The van der Waals surface area contributed by atoms with Crippen LogP contribution in [0.15, 0.2) is 12.2 Å². The van der Waals surface area contributed by atoms with Crippen LogP contribution in [0.25, 0.3) is 0 Å². The molecule has 0 aromatic heterocycles. The summed E-state index contributed by atoms with van der Waals surface area (Å²) in [4.78, 5) is 24.5. The normalized spacial score (nSPS) is 28.8. The number of methoxy groups -OCH3 is 1. The summed E-state index contributed by atoms with van der Waals surface area (Å²) in [5.74, 6) is -0.330. The molecule has 2 rings (SSSR count). The van der Waals surface area contributed by atoms with Crippen LogP contribution >= 0.6 is 0 Å². The Morgan fingerprint density at radius 2 is 2.29 bits per heavy atom. The molecule has 0 saturated carbocycles. The minimum atomic E-state index is -0.340. The van der Waals surface area contributed by atoms with Crippen LogP contribution in [0.1, 0.15) is 25.7 Å². The van der Waals surface area contributed by atoms with Crippen molar-refractivity contribution in [3.05, 3.63) is 12.2 Å². The first-order chi connectivity index (χ1) is 8.22. The molecule has 0 radical (unpaired) electrons. The lowest BCUT2D eigenvalue weighted by Crippen LogP contribution is -2.46. The van der Waals surface area contributed by atoms with Crippen LogP contribution in [0.4, 0.5) is 4.79 Å². The van der Waals surface area contributed by atoms with Crippen molar-refractivity contribution >= 4 is 12.1 Å². The van der Waals surface area contributed by atoms with Crippen molar-refractivity contribution in [2.75, 3.05) is 13.7 Å². The maximum absolute atomic E-state index is 11.7. The van der Waals surface area contributed by atoms with Gasteiger partial charge in [0, 0.05) is 12.6 Å². The van der Waals surface area contributed by atoms with E-state index < -0.39 is 0 Å². The van der Waals surface area contributed by atoms with Crippen LogP contribution in [0.2, 0.25) is 0 Å². The number of esters is 1. The zero-order valence-corrected chi connectivity index (χ0v) is 9.93. The minimum absolute atomic E-state index is 0.0901. The van der Waals surface area contributed by atoms with Crippen molar-refractivity contribution in [1.82, 2.24) is 4.90 Å². The number of hydrogen-bond acceptors (Lipinski definition) is 4. The fourth-order valence-electron chi connectivity index (χ4n) is 2.41. The molecule has 17 heavy (non-hydrogen) atoms. The smallest absolute Gasteiger partial charge is 0.409 e. The van der Waals surface area contributed by atoms with Crippen LogP contribution in [-0.4, -0.2) is 42.8 Å². The largest absolute Gasteiger partial charge is 0.453 e. The molecular weight excluding hydrogens is 222 g/mol. The number of rotatable bonds is 1. The third-order valence-corrected chi connectivity index (χ3v) is 3.26. The Balaban J connectivity index is 2.11. The first-order valence-electron chi connectivity index (χ1n) is 5.96. The van der Waals surface area contributed by atoms with E-state index >= 15 is 0 Å². The highest BCUT2D eigenvalue weighted by molar-refractivity contribution is 5.84. The molecule has 5 nitrogen and oxygen atoms in total. The Kier molecular flexibility index (Phi) is 3.66. The molecule has 0 spiro atoms. The first-order valence-corrected chi connectivity index (χ1v) is 5.96. The molecular formula is C12H17NO4. The standard InChI is InChI=1S/C12H17NO4/c1-16-12(15)13-8-4-2-3-5-9(13)10-6-7-11(14)17-10/h6-7,9-10H,2-5,8H2,1H3/t9-,10+/m1/s1. The van der Waals surface area contributed by atoms with Crippen molar-refractivity contribution in [2.24, 2.45) is 0 Å². The Labute approximate surface area is 100 Å².